The standard InChI is InChI=1S/C40H50N6O8/c1-6-8-18-32(48)41-28(23-52-5)35(26-14-10-9-11-15-26)53-39(51)33-31-19-20-40(54-31)34(33)37(49)46(30(22-47)25(3)4)36(40)38(50)44(21-7-2)24-45-29-17-13-12-16-27(29)42-43-45/h6-7,9-17,25,28,30-31,33-36,47H,1-2,8,18-24H2,3-5H3,(H,41,48)/t28-,30-,31+,33-,34-,35-,36+,40-/m0/s1. The minimum absolute atomic E-state index is 0.0170. The molecule has 8 atom stereocenters. The molecule has 1 spiro atoms. The molecule has 54 heavy (non-hydrogen) atoms. The number of esters is 1. The van der Waals surface area contributed by atoms with E-state index >= 15 is 0 Å². The summed E-state index contributed by atoms with van der Waals surface area (Å²) in [7, 11) is 1.50. The average molecular weight is 743 g/mol. The zero-order valence-corrected chi connectivity index (χ0v) is 31.1. The molecule has 3 aliphatic rings. The Labute approximate surface area is 315 Å². The zero-order valence-electron chi connectivity index (χ0n) is 31.1. The van der Waals surface area contributed by atoms with Crippen molar-refractivity contribution in [1.29, 1.82) is 0 Å². The molecular formula is C40H50N6O8. The predicted octanol–water partition coefficient (Wildman–Crippen LogP) is 3.18. The summed E-state index contributed by atoms with van der Waals surface area (Å²) in [5.74, 6) is -4.13. The summed E-state index contributed by atoms with van der Waals surface area (Å²) in [5, 5.41) is 22.2. The number of carbonyl (C=O) groups is 4. The van der Waals surface area contributed by atoms with Gasteiger partial charge >= 0.3 is 5.97 Å². The number of ether oxygens (including phenoxy) is 3. The molecule has 14 heteroatoms. The van der Waals surface area contributed by atoms with Crippen molar-refractivity contribution < 1.29 is 38.5 Å². The first kappa shape index (κ1) is 38.8. The van der Waals surface area contributed by atoms with Crippen LogP contribution in [0.5, 0.6) is 0 Å². The molecule has 0 radical (unpaired) electrons. The van der Waals surface area contributed by atoms with Gasteiger partial charge in [-0.2, -0.15) is 0 Å². The van der Waals surface area contributed by atoms with Crippen LogP contribution in [0, 0.1) is 17.8 Å². The van der Waals surface area contributed by atoms with E-state index in [1.54, 1.807) is 33.9 Å². The summed E-state index contributed by atoms with van der Waals surface area (Å²) >= 11 is 0. The van der Waals surface area contributed by atoms with Crippen molar-refractivity contribution in [1.82, 2.24) is 30.1 Å². The maximum atomic E-state index is 15.0. The highest BCUT2D eigenvalue weighted by molar-refractivity contribution is 5.98. The smallest absolute Gasteiger partial charge is 0.313 e. The minimum Gasteiger partial charge on any atom is -0.455 e. The highest BCUT2D eigenvalue weighted by Gasteiger charge is 2.76. The Morgan fingerprint density at radius 2 is 1.87 bits per heavy atom. The lowest BCUT2D eigenvalue weighted by Gasteiger charge is -2.40. The van der Waals surface area contributed by atoms with E-state index in [4.69, 9.17) is 14.2 Å². The van der Waals surface area contributed by atoms with E-state index < -0.39 is 72.2 Å². The number of aliphatic hydroxyl groups is 1. The molecule has 3 aliphatic heterocycles. The number of aromatic nitrogens is 3. The molecule has 288 valence electrons. The molecular weight excluding hydrogens is 692 g/mol. The predicted molar refractivity (Wildman–Crippen MR) is 198 cm³/mol. The Morgan fingerprint density at radius 1 is 1.13 bits per heavy atom. The number of aliphatic hydroxyl groups excluding tert-OH is 1. The van der Waals surface area contributed by atoms with E-state index in [0.717, 1.165) is 5.52 Å². The number of fused-ring (bicyclic) bond motifs is 2. The SMILES string of the molecule is C=CCCC(=O)N[C@@H](COC)[C@@H](OC(=O)[C@@H]1[C@H]2C(=O)N([C@@H](CO)C(C)C)[C@H](C(=O)N(CC=C)Cn3nnc4ccccc43)[C@]23CC[C@H]1O3)c1ccccc1. The van der Waals surface area contributed by atoms with Crippen LogP contribution < -0.4 is 5.32 Å². The third-order valence-electron chi connectivity index (χ3n) is 10.9. The number of rotatable bonds is 18. The second kappa shape index (κ2) is 16.6. The number of methoxy groups -OCH3 is 1. The molecule has 3 amide bonds. The Bertz CT molecular complexity index is 1850. The molecule has 3 saturated heterocycles. The maximum absolute atomic E-state index is 15.0. The number of hydrogen-bond acceptors (Lipinski definition) is 10. The van der Waals surface area contributed by atoms with Crippen LogP contribution in [0.1, 0.15) is 51.2 Å². The van der Waals surface area contributed by atoms with Crippen molar-refractivity contribution in [2.24, 2.45) is 17.8 Å². The Balaban J connectivity index is 1.35. The van der Waals surface area contributed by atoms with Gasteiger partial charge in [-0.05, 0) is 42.9 Å². The molecule has 2 bridgehead atoms. The van der Waals surface area contributed by atoms with Crippen LogP contribution in [0.2, 0.25) is 0 Å². The highest BCUT2D eigenvalue weighted by Crippen LogP contribution is 2.59. The van der Waals surface area contributed by atoms with Gasteiger partial charge in [-0.25, -0.2) is 4.68 Å². The lowest BCUT2D eigenvalue weighted by Crippen LogP contribution is -2.59. The summed E-state index contributed by atoms with van der Waals surface area (Å²) in [4.78, 5) is 60.3. The summed E-state index contributed by atoms with van der Waals surface area (Å²) in [5.41, 5.74) is 0.658. The van der Waals surface area contributed by atoms with Gasteiger partial charge in [0.15, 0.2) is 0 Å². The van der Waals surface area contributed by atoms with Gasteiger partial charge in [-0.3, -0.25) is 19.2 Å². The number of hydrogen-bond donors (Lipinski definition) is 2. The second-order valence-corrected chi connectivity index (χ2v) is 14.6. The van der Waals surface area contributed by atoms with Crippen LogP contribution in [0.25, 0.3) is 11.0 Å². The number of allylic oxidation sites excluding steroid dienone is 1. The van der Waals surface area contributed by atoms with Gasteiger partial charge in [0.2, 0.25) is 17.7 Å². The van der Waals surface area contributed by atoms with E-state index in [0.29, 0.717) is 30.3 Å². The first-order valence-electron chi connectivity index (χ1n) is 18.5. The normalized spacial score (nSPS) is 24.6. The summed E-state index contributed by atoms with van der Waals surface area (Å²) in [6, 6.07) is 13.8. The van der Waals surface area contributed by atoms with Crippen molar-refractivity contribution in [2.75, 3.05) is 26.9 Å². The van der Waals surface area contributed by atoms with E-state index in [1.165, 1.54) is 12.0 Å². The molecule has 2 aromatic carbocycles. The van der Waals surface area contributed by atoms with Crippen LogP contribution in [-0.4, -0.2) is 110 Å². The first-order valence-corrected chi connectivity index (χ1v) is 18.5. The van der Waals surface area contributed by atoms with Crippen LogP contribution in [0.3, 0.4) is 0 Å². The topological polar surface area (TPSA) is 165 Å². The summed E-state index contributed by atoms with van der Waals surface area (Å²) < 4.78 is 20.1. The quantitative estimate of drug-likeness (QED) is 0.146. The zero-order chi connectivity index (χ0) is 38.6. The maximum Gasteiger partial charge on any atom is 0.313 e. The number of nitrogens with zero attached hydrogens (tertiary/aromatic N) is 5. The van der Waals surface area contributed by atoms with Gasteiger partial charge in [-0.15, -0.1) is 18.3 Å². The van der Waals surface area contributed by atoms with Crippen LogP contribution in [0.15, 0.2) is 79.9 Å². The van der Waals surface area contributed by atoms with Gasteiger partial charge in [-0.1, -0.05) is 73.7 Å². The number of para-hydroxylation sites is 1. The second-order valence-electron chi connectivity index (χ2n) is 14.6. The third-order valence-corrected chi connectivity index (χ3v) is 10.9. The van der Waals surface area contributed by atoms with Gasteiger partial charge in [0.25, 0.3) is 0 Å². The van der Waals surface area contributed by atoms with Crippen LogP contribution >= 0.6 is 0 Å². The molecule has 3 fully saturated rings. The largest absolute Gasteiger partial charge is 0.455 e. The van der Waals surface area contributed by atoms with Crippen molar-refractivity contribution in [3.05, 3.63) is 85.5 Å². The van der Waals surface area contributed by atoms with Crippen LogP contribution in [-0.2, 0) is 40.1 Å². The lowest BCUT2D eigenvalue weighted by atomic mass is 9.70. The molecule has 14 nitrogen and oxygen atoms in total. The van der Waals surface area contributed by atoms with E-state index in [9.17, 15) is 24.3 Å². The van der Waals surface area contributed by atoms with Gasteiger partial charge in [0, 0.05) is 20.1 Å². The monoisotopic (exact) mass is 742 g/mol. The Hall–Kier alpha value is -4.92. The number of likely N-dealkylation sites (tertiary alicyclic amines) is 1. The van der Waals surface area contributed by atoms with Gasteiger partial charge < -0.3 is 34.4 Å². The minimum atomic E-state index is -1.36. The summed E-state index contributed by atoms with van der Waals surface area (Å²) in [6.07, 6.45) is 3.02. The van der Waals surface area contributed by atoms with E-state index in [-0.39, 0.29) is 38.1 Å². The molecule has 4 heterocycles. The van der Waals surface area contributed by atoms with Crippen molar-refractivity contribution in [3.8, 4) is 0 Å². The molecule has 0 saturated carbocycles. The van der Waals surface area contributed by atoms with Gasteiger partial charge in [0.1, 0.15) is 29.9 Å². The molecule has 0 unspecified atom stereocenters. The van der Waals surface area contributed by atoms with E-state index in [1.807, 2.05) is 56.3 Å². The number of amides is 3. The van der Waals surface area contributed by atoms with Crippen molar-refractivity contribution in [2.45, 2.75) is 82.1 Å². The molecule has 0 aliphatic carbocycles. The summed E-state index contributed by atoms with van der Waals surface area (Å²) in [6.45, 7) is 11.1. The number of nitrogens with one attached hydrogen (secondary N) is 1. The first-order chi connectivity index (χ1) is 26.1. The number of carbonyl (C=O) groups excluding carboxylic acids is 4. The Morgan fingerprint density at radius 3 is 2.56 bits per heavy atom. The Kier molecular flexibility index (Phi) is 11.9. The third kappa shape index (κ3) is 7.17. The van der Waals surface area contributed by atoms with E-state index in [2.05, 4.69) is 28.8 Å². The van der Waals surface area contributed by atoms with Gasteiger partial charge in [0.05, 0.1) is 48.8 Å². The highest BCUT2D eigenvalue weighted by atomic mass is 16.6. The molecule has 2 N–H and O–H groups in total. The fraction of sp³-hybridized carbons (Fsp3) is 0.500. The van der Waals surface area contributed by atoms with Crippen molar-refractivity contribution >= 4 is 34.7 Å². The molecule has 1 aromatic heterocycles. The van der Waals surface area contributed by atoms with Crippen molar-refractivity contribution in [3.63, 3.8) is 0 Å². The van der Waals surface area contributed by atoms with Crippen LogP contribution in [0.4, 0.5) is 0 Å². The fourth-order valence-corrected chi connectivity index (χ4v) is 8.47. The molecule has 3 aromatic rings. The molecule has 6 rings (SSSR count). The fourth-order valence-electron chi connectivity index (χ4n) is 8.47. The number of benzene rings is 2. The lowest BCUT2D eigenvalue weighted by molar-refractivity contribution is -0.164. The average Bonchev–Trinajstić information content (AvgIpc) is 3.92.